The molecule has 0 fully saturated rings. The molecule has 0 bridgehead atoms. The van der Waals surface area contributed by atoms with Crippen molar-refractivity contribution in [2.45, 2.75) is 11.5 Å². The van der Waals surface area contributed by atoms with Gasteiger partial charge in [-0.25, -0.2) is 17.6 Å². The average Bonchev–Trinajstić information content (AvgIpc) is 2.59. The molecular weight excluding hydrogens is 373 g/mol. The summed E-state index contributed by atoms with van der Waals surface area (Å²) in [4.78, 5) is 16.5. The van der Waals surface area contributed by atoms with Gasteiger partial charge in [0.05, 0.1) is 17.7 Å². The Bertz CT molecular complexity index is 888. The highest BCUT2D eigenvalue weighted by molar-refractivity contribution is 7.89. The zero-order valence-electron chi connectivity index (χ0n) is 13.4. The smallest absolute Gasteiger partial charge is 0.338 e. The van der Waals surface area contributed by atoms with Gasteiger partial charge in [-0.1, -0.05) is 28.2 Å². The molecule has 0 heterocycles. The number of halogens is 2. The first-order valence-corrected chi connectivity index (χ1v) is 8.81. The molecule has 0 atom stereocenters. The van der Waals surface area contributed by atoms with E-state index in [0.29, 0.717) is 10.0 Å². The van der Waals surface area contributed by atoms with Crippen LogP contribution in [0.2, 0.25) is 5.02 Å². The van der Waals surface area contributed by atoms with Gasteiger partial charge in [0.1, 0.15) is 17.3 Å². The molecule has 0 aliphatic rings. The molecule has 0 aliphatic heterocycles. The maximum absolute atomic E-state index is 13.1. The molecule has 0 aliphatic carbocycles. The first kappa shape index (κ1) is 19.3. The molecule has 9 heteroatoms. The van der Waals surface area contributed by atoms with Gasteiger partial charge in [0.25, 0.3) is 10.0 Å². The number of benzene rings is 2. The van der Waals surface area contributed by atoms with Crippen molar-refractivity contribution < 1.29 is 27.2 Å². The van der Waals surface area contributed by atoms with Crippen LogP contribution in [0.4, 0.5) is 4.39 Å². The van der Waals surface area contributed by atoms with Crippen LogP contribution in [-0.4, -0.2) is 33.0 Å². The number of carbonyl (C=O) groups is 1. The Hall–Kier alpha value is -2.00. The van der Waals surface area contributed by atoms with Gasteiger partial charge in [-0.05, 0) is 35.9 Å². The number of hydrogen-bond acceptors (Lipinski definition) is 5. The van der Waals surface area contributed by atoms with Crippen LogP contribution >= 0.6 is 11.6 Å². The van der Waals surface area contributed by atoms with Crippen molar-refractivity contribution >= 4 is 27.6 Å². The molecule has 2 aromatic carbocycles. The third-order valence-corrected chi connectivity index (χ3v) is 5.46. The first-order chi connectivity index (χ1) is 11.8. The fourth-order valence-corrected chi connectivity index (χ4v) is 3.40. The Morgan fingerprint density at radius 1 is 1.24 bits per heavy atom. The molecule has 25 heavy (non-hydrogen) atoms. The maximum Gasteiger partial charge on any atom is 0.338 e. The molecule has 0 N–H and O–H groups in total. The van der Waals surface area contributed by atoms with Crippen LogP contribution in [0.25, 0.3) is 0 Å². The molecule has 2 rings (SSSR count). The van der Waals surface area contributed by atoms with Crippen LogP contribution in [-0.2, 0) is 26.2 Å². The average molecular weight is 388 g/mol. The molecule has 0 saturated carbocycles. The number of esters is 1. The molecule has 0 spiro atoms. The molecular formula is C16H15ClFNO5S. The minimum Gasteiger partial charge on any atom is -0.457 e. The molecule has 2 aromatic rings. The monoisotopic (exact) mass is 387 g/mol. The van der Waals surface area contributed by atoms with E-state index in [9.17, 15) is 17.6 Å². The van der Waals surface area contributed by atoms with Crippen LogP contribution in [0.1, 0.15) is 15.9 Å². The second kappa shape index (κ2) is 7.92. The highest BCUT2D eigenvalue weighted by Gasteiger charge is 2.25. The largest absolute Gasteiger partial charge is 0.457 e. The summed E-state index contributed by atoms with van der Waals surface area (Å²) in [7, 11) is -1.65. The lowest BCUT2D eigenvalue weighted by molar-refractivity contribution is -0.0258. The van der Waals surface area contributed by atoms with E-state index in [1.54, 1.807) is 6.07 Å². The maximum atomic E-state index is 13.1. The summed E-state index contributed by atoms with van der Waals surface area (Å²) in [5.74, 6) is -1.21. The minimum atomic E-state index is -4.03. The lowest BCUT2D eigenvalue weighted by atomic mass is 10.2. The highest BCUT2D eigenvalue weighted by Crippen LogP contribution is 2.25. The Balaban J connectivity index is 2.22. The number of ether oxygens (including phenoxy) is 1. The van der Waals surface area contributed by atoms with Crippen molar-refractivity contribution in [3.8, 4) is 0 Å². The van der Waals surface area contributed by atoms with E-state index in [2.05, 4.69) is 4.84 Å². The Kier molecular flexibility index (Phi) is 6.12. The van der Waals surface area contributed by atoms with Crippen LogP contribution in [0.5, 0.6) is 0 Å². The molecule has 0 amide bonds. The lowest BCUT2D eigenvalue weighted by Crippen LogP contribution is -2.26. The van der Waals surface area contributed by atoms with Gasteiger partial charge >= 0.3 is 5.97 Å². The van der Waals surface area contributed by atoms with Crippen LogP contribution in [0, 0.1) is 5.82 Å². The quantitative estimate of drug-likeness (QED) is 0.562. The van der Waals surface area contributed by atoms with Gasteiger partial charge in [0, 0.05) is 7.05 Å². The molecule has 134 valence electrons. The fraction of sp³-hybridized carbons (Fsp3) is 0.188. The molecule has 0 radical (unpaired) electrons. The number of rotatable bonds is 6. The van der Waals surface area contributed by atoms with E-state index < -0.39 is 21.8 Å². The molecule has 0 unspecified atom stereocenters. The summed E-state index contributed by atoms with van der Waals surface area (Å²) in [6.07, 6.45) is 0. The Labute approximate surface area is 149 Å². The summed E-state index contributed by atoms with van der Waals surface area (Å²) in [5.41, 5.74) is 0.457. The standard InChI is InChI=1S/C16H15ClFNO5S/c1-19(23-2)25(21,22)15-9-12(6-7-14(15)17)16(20)24-10-11-4-3-5-13(18)8-11/h3-9H,10H2,1-2H3. The Morgan fingerprint density at radius 2 is 1.96 bits per heavy atom. The molecule has 0 saturated heterocycles. The predicted octanol–water partition coefficient (Wildman–Crippen LogP) is 3.02. The summed E-state index contributed by atoms with van der Waals surface area (Å²) in [5, 5.41) is -0.0643. The topological polar surface area (TPSA) is 72.9 Å². The number of sulfonamides is 1. The number of carbonyl (C=O) groups excluding carboxylic acids is 1. The van der Waals surface area contributed by atoms with Crippen LogP contribution in [0.15, 0.2) is 47.4 Å². The highest BCUT2D eigenvalue weighted by atomic mass is 35.5. The van der Waals surface area contributed by atoms with E-state index in [1.165, 1.54) is 44.5 Å². The van der Waals surface area contributed by atoms with Crippen molar-refractivity contribution in [1.82, 2.24) is 4.47 Å². The van der Waals surface area contributed by atoms with Crippen LogP contribution < -0.4 is 0 Å². The normalized spacial score (nSPS) is 11.6. The van der Waals surface area contributed by atoms with E-state index in [0.717, 1.165) is 6.07 Å². The minimum absolute atomic E-state index is 0.0103. The van der Waals surface area contributed by atoms with Crippen molar-refractivity contribution in [1.29, 1.82) is 0 Å². The van der Waals surface area contributed by atoms with Crippen molar-refractivity contribution in [3.05, 3.63) is 64.4 Å². The van der Waals surface area contributed by atoms with Crippen molar-refractivity contribution in [3.63, 3.8) is 0 Å². The summed E-state index contributed by atoms with van der Waals surface area (Å²) in [6, 6.07) is 9.31. The second-order valence-electron chi connectivity index (χ2n) is 4.95. The summed E-state index contributed by atoms with van der Waals surface area (Å²) >= 11 is 5.92. The number of hydroxylamine groups is 1. The summed E-state index contributed by atoms with van der Waals surface area (Å²) in [6.45, 7) is -0.153. The van der Waals surface area contributed by atoms with Gasteiger partial charge in [-0.2, -0.15) is 0 Å². The van der Waals surface area contributed by atoms with E-state index in [4.69, 9.17) is 16.3 Å². The zero-order valence-corrected chi connectivity index (χ0v) is 15.0. The van der Waals surface area contributed by atoms with Gasteiger partial charge < -0.3 is 4.74 Å². The van der Waals surface area contributed by atoms with Crippen molar-refractivity contribution in [2.75, 3.05) is 14.2 Å². The number of hydrogen-bond donors (Lipinski definition) is 0. The Morgan fingerprint density at radius 3 is 2.60 bits per heavy atom. The summed E-state index contributed by atoms with van der Waals surface area (Å²) < 4.78 is 43.4. The third-order valence-electron chi connectivity index (χ3n) is 3.30. The number of nitrogens with zero attached hydrogens (tertiary/aromatic N) is 1. The predicted molar refractivity (Wildman–Crippen MR) is 88.9 cm³/mol. The first-order valence-electron chi connectivity index (χ1n) is 7.00. The van der Waals surface area contributed by atoms with Gasteiger partial charge in [-0.3, -0.25) is 4.84 Å². The fourth-order valence-electron chi connectivity index (χ4n) is 1.92. The van der Waals surface area contributed by atoms with E-state index in [-0.39, 0.29) is 22.1 Å². The molecule has 0 aromatic heterocycles. The van der Waals surface area contributed by atoms with E-state index >= 15 is 0 Å². The zero-order chi connectivity index (χ0) is 18.6. The van der Waals surface area contributed by atoms with E-state index in [1.807, 2.05) is 0 Å². The van der Waals surface area contributed by atoms with Gasteiger partial charge in [-0.15, -0.1) is 0 Å². The SMILES string of the molecule is CON(C)S(=O)(=O)c1cc(C(=O)OCc2cccc(F)c2)ccc1Cl. The van der Waals surface area contributed by atoms with Crippen LogP contribution in [0.3, 0.4) is 0 Å². The van der Waals surface area contributed by atoms with Gasteiger partial charge in [0.15, 0.2) is 0 Å². The lowest BCUT2D eigenvalue weighted by Gasteiger charge is -2.15. The third kappa shape index (κ3) is 4.55. The molecule has 6 nitrogen and oxygen atoms in total. The second-order valence-corrected chi connectivity index (χ2v) is 7.26. The van der Waals surface area contributed by atoms with Gasteiger partial charge in [0.2, 0.25) is 0 Å². The van der Waals surface area contributed by atoms with Crippen molar-refractivity contribution in [2.24, 2.45) is 0 Å².